The van der Waals surface area contributed by atoms with Crippen LogP contribution in [-0.2, 0) is 4.74 Å². The van der Waals surface area contributed by atoms with Crippen LogP contribution in [-0.4, -0.2) is 12.1 Å². The molecule has 1 aromatic heterocycles. The SMILES string of the molecule is CCC(OC)c1cc(-c2ccccc2)nc(-c2ccccc2)c1. The smallest absolute Gasteiger partial charge is 0.0820 e. The molecular weight excluding hydrogens is 282 g/mol. The summed E-state index contributed by atoms with van der Waals surface area (Å²) >= 11 is 0. The molecule has 0 amide bonds. The molecule has 2 aromatic carbocycles. The summed E-state index contributed by atoms with van der Waals surface area (Å²) in [6.07, 6.45) is 1.02. The molecule has 0 N–H and O–H groups in total. The Balaban J connectivity index is 2.15. The molecule has 1 heterocycles. The summed E-state index contributed by atoms with van der Waals surface area (Å²) in [5.74, 6) is 0. The number of rotatable bonds is 5. The third kappa shape index (κ3) is 3.49. The molecule has 0 saturated carbocycles. The van der Waals surface area contributed by atoms with Crippen LogP contribution in [0.3, 0.4) is 0 Å². The fourth-order valence-corrected chi connectivity index (χ4v) is 2.79. The lowest BCUT2D eigenvalue weighted by Gasteiger charge is -2.16. The van der Waals surface area contributed by atoms with Gasteiger partial charge in [-0.05, 0) is 24.1 Å². The largest absolute Gasteiger partial charge is 0.377 e. The van der Waals surface area contributed by atoms with E-state index in [0.29, 0.717) is 0 Å². The second-order valence-electron chi connectivity index (χ2n) is 5.54. The van der Waals surface area contributed by atoms with E-state index in [4.69, 9.17) is 9.72 Å². The molecule has 1 atom stereocenters. The number of benzene rings is 2. The monoisotopic (exact) mass is 303 g/mol. The summed E-state index contributed by atoms with van der Waals surface area (Å²) in [6.45, 7) is 2.14. The van der Waals surface area contributed by atoms with Crippen LogP contribution in [0.25, 0.3) is 22.5 Å². The Morgan fingerprint density at radius 1 is 0.826 bits per heavy atom. The van der Waals surface area contributed by atoms with Crippen LogP contribution < -0.4 is 0 Å². The molecule has 23 heavy (non-hydrogen) atoms. The molecular formula is C21H21NO. The van der Waals surface area contributed by atoms with Gasteiger partial charge in [-0.15, -0.1) is 0 Å². The standard InChI is InChI=1S/C21H21NO/c1-3-21(23-2)18-14-19(16-10-6-4-7-11-16)22-20(15-18)17-12-8-5-9-13-17/h4-15,21H,3H2,1-2H3. The van der Waals surface area contributed by atoms with Gasteiger partial charge in [-0.2, -0.15) is 0 Å². The second kappa shape index (κ2) is 7.21. The number of ether oxygens (including phenoxy) is 1. The highest BCUT2D eigenvalue weighted by Crippen LogP contribution is 2.29. The van der Waals surface area contributed by atoms with E-state index in [0.717, 1.165) is 28.9 Å². The molecule has 0 aliphatic heterocycles. The van der Waals surface area contributed by atoms with Crippen LogP contribution >= 0.6 is 0 Å². The van der Waals surface area contributed by atoms with Crippen LogP contribution in [0.2, 0.25) is 0 Å². The molecule has 0 aliphatic rings. The van der Waals surface area contributed by atoms with Gasteiger partial charge in [-0.1, -0.05) is 67.6 Å². The molecule has 0 saturated heterocycles. The molecule has 0 fully saturated rings. The lowest BCUT2D eigenvalue weighted by atomic mass is 10.0. The number of aromatic nitrogens is 1. The average Bonchev–Trinajstić information content (AvgIpc) is 2.64. The molecule has 0 spiro atoms. The van der Waals surface area contributed by atoms with Crippen molar-refractivity contribution in [1.82, 2.24) is 4.98 Å². The summed E-state index contributed by atoms with van der Waals surface area (Å²) in [6, 6.07) is 24.9. The molecule has 2 heteroatoms. The van der Waals surface area contributed by atoms with E-state index >= 15 is 0 Å². The Morgan fingerprint density at radius 2 is 1.30 bits per heavy atom. The highest BCUT2D eigenvalue weighted by atomic mass is 16.5. The average molecular weight is 303 g/mol. The first-order valence-corrected chi connectivity index (χ1v) is 7.97. The van der Waals surface area contributed by atoms with Gasteiger partial charge in [0.15, 0.2) is 0 Å². The number of nitrogens with zero attached hydrogens (tertiary/aromatic N) is 1. The molecule has 2 nitrogen and oxygen atoms in total. The van der Waals surface area contributed by atoms with Crippen molar-refractivity contribution in [3.63, 3.8) is 0 Å². The van der Waals surface area contributed by atoms with Gasteiger partial charge in [0.05, 0.1) is 17.5 Å². The minimum atomic E-state index is 0.0860. The van der Waals surface area contributed by atoms with Gasteiger partial charge in [0.25, 0.3) is 0 Å². The van der Waals surface area contributed by atoms with Gasteiger partial charge in [0, 0.05) is 18.2 Å². The third-order valence-electron chi connectivity index (χ3n) is 4.01. The summed E-state index contributed by atoms with van der Waals surface area (Å²) < 4.78 is 5.64. The first kappa shape index (κ1) is 15.4. The highest BCUT2D eigenvalue weighted by Gasteiger charge is 2.13. The Labute approximate surface area is 137 Å². The van der Waals surface area contributed by atoms with Gasteiger partial charge in [0.1, 0.15) is 0 Å². The minimum Gasteiger partial charge on any atom is -0.377 e. The number of hydrogen-bond donors (Lipinski definition) is 0. The maximum absolute atomic E-state index is 5.64. The van der Waals surface area contributed by atoms with Crippen molar-refractivity contribution in [2.24, 2.45) is 0 Å². The van der Waals surface area contributed by atoms with Crippen molar-refractivity contribution in [2.75, 3.05) is 7.11 Å². The fourth-order valence-electron chi connectivity index (χ4n) is 2.79. The van der Waals surface area contributed by atoms with E-state index in [2.05, 4.69) is 43.3 Å². The quantitative estimate of drug-likeness (QED) is 0.619. The van der Waals surface area contributed by atoms with Crippen LogP contribution in [0.1, 0.15) is 25.0 Å². The van der Waals surface area contributed by atoms with Gasteiger partial charge in [0.2, 0.25) is 0 Å². The first-order valence-electron chi connectivity index (χ1n) is 7.97. The lowest BCUT2D eigenvalue weighted by Crippen LogP contribution is -2.02. The van der Waals surface area contributed by atoms with Crippen molar-refractivity contribution in [1.29, 1.82) is 0 Å². The number of hydrogen-bond acceptors (Lipinski definition) is 2. The summed E-state index contributed by atoms with van der Waals surface area (Å²) in [4.78, 5) is 4.87. The predicted octanol–water partition coefficient (Wildman–Crippen LogP) is 5.51. The van der Waals surface area contributed by atoms with Crippen molar-refractivity contribution in [3.8, 4) is 22.5 Å². The summed E-state index contributed by atoms with van der Waals surface area (Å²) in [5, 5.41) is 0. The van der Waals surface area contributed by atoms with Gasteiger partial charge >= 0.3 is 0 Å². The van der Waals surface area contributed by atoms with Crippen LogP contribution in [0.4, 0.5) is 0 Å². The Kier molecular flexibility index (Phi) is 4.84. The molecule has 0 aliphatic carbocycles. The normalized spacial score (nSPS) is 12.1. The molecule has 3 rings (SSSR count). The van der Waals surface area contributed by atoms with Gasteiger partial charge in [-0.25, -0.2) is 4.98 Å². The Hall–Kier alpha value is -2.45. The zero-order chi connectivity index (χ0) is 16.1. The predicted molar refractivity (Wildman–Crippen MR) is 95.2 cm³/mol. The molecule has 0 bridgehead atoms. The van der Waals surface area contributed by atoms with E-state index in [1.807, 2.05) is 36.4 Å². The molecule has 116 valence electrons. The molecule has 0 radical (unpaired) electrons. The maximum atomic E-state index is 5.64. The zero-order valence-corrected chi connectivity index (χ0v) is 13.6. The third-order valence-corrected chi connectivity index (χ3v) is 4.01. The topological polar surface area (TPSA) is 22.1 Å². The second-order valence-corrected chi connectivity index (χ2v) is 5.54. The van der Waals surface area contributed by atoms with E-state index in [1.54, 1.807) is 7.11 Å². The molecule has 3 aromatic rings. The van der Waals surface area contributed by atoms with E-state index < -0.39 is 0 Å². The summed E-state index contributed by atoms with van der Waals surface area (Å²) in [5.41, 5.74) is 5.38. The molecule has 1 unspecified atom stereocenters. The van der Waals surface area contributed by atoms with E-state index in [1.165, 1.54) is 5.56 Å². The van der Waals surface area contributed by atoms with Crippen LogP contribution in [0.15, 0.2) is 72.8 Å². The number of methoxy groups -OCH3 is 1. The minimum absolute atomic E-state index is 0.0860. The van der Waals surface area contributed by atoms with Crippen LogP contribution in [0.5, 0.6) is 0 Å². The summed E-state index contributed by atoms with van der Waals surface area (Å²) in [7, 11) is 1.76. The lowest BCUT2D eigenvalue weighted by molar-refractivity contribution is 0.100. The highest BCUT2D eigenvalue weighted by molar-refractivity contribution is 5.67. The Morgan fingerprint density at radius 3 is 1.70 bits per heavy atom. The van der Waals surface area contributed by atoms with E-state index in [-0.39, 0.29) is 6.10 Å². The van der Waals surface area contributed by atoms with Crippen molar-refractivity contribution in [2.45, 2.75) is 19.4 Å². The van der Waals surface area contributed by atoms with Crippen molar-refractivity contribution < 1.29 is 4.74 Å². The van der Waals surface area contributed by atoms with Crippen molar-refractivity contribution in [3.05, 3.63) is 78.4 Å². The fraction of sp³-hybridized carbons (Fsp3) is 0.190. The van der Waals surface area contributed by atoms with Crippen LogP contribution in [0, 0.1) is 0 Å². The van der Waals surface area contributed by atoms with Gasteiger partial charge < -0.3 is 4.74 Å². The van der Waals surface area contributed by atoms with E-state index in [9.17, 15) is 0 Å². The van der Waals surface area contributed by atoms with Crippen molar-refractivity contribution >= 4 is 0 Å². The van der Waals surface area contributed by atoms with Gasteiger partial charge in [-0.3, -0.25) is 0 Å². The first-order chi connectivity index (χ1) is 11.3. The zero-order valence-electron chi connectivity index (χ0n) is 13.6. The Bertz CT molecular complexity index is 692. The maximum Gasteiger partial charge on any atom is 0.0820 e. The number of pyridine rings is 1.